The lowest BCUT2D eigenvalue weighted by molar-refractivity contribution is -0.149. The number of hydrogen-bond donors (Lipinski definition) is 5. The highest BCUT2D eigenvalue weighted by Crippen LogP contribution is 2.39. The number of carbonyl (C=O) groups is 3. The molecule has 2 aromatic carbocycles. The summed E-state index contributed by atoms with van der Waals surface area (Å²) in [7, 11) is 0. The van der Waals surface area contributed by atoms with Crippen molar-refractivity contribution in [1.29, 1.82) is 0 Å². The SMILES string of the molecule is NCCCC[C@H](N[C@@H](CCc1ccccc1-c1cnc2c(c1)CCc1cc(Cl)ccc1C2=C1CCNCC1)C(=O)O)C(=O)N1CCC[C@H]1C(=O)O. The van der Waals surface area contributed by atoms with Crippen LogP contribution < -0.4 is 16.4 Å². The molecule has 3 aromatic rings. The Morgan fingerprint density at radius 3 is 2.51 bits per heavy atom. The molecular formula is C40H48ClN5O5. The Bertz CT molecular complexity index is 1790. The number of nitrogens with two attached hydrogens (primary N) is 1. The molecule has 6 N–H and O–H groups in total. The number of carbonyl (C=O) groups excluding carboxylic acids is 1. The summed E-state index contributed by atoms with van der Waals surface area (Å²) in [5.74, 6) is -2.44. The Labute approximate surface area is 304 Å². The third-order valence-electron chi connectivity index (χ3n) is 10.6. The lowest BCUT2D eigenvalue weighted by Crippen LogP contribution is -2.54. The van der Waals surface area contributed by atoms with Gasteiger partial charge >= 0.3 is 11.9 Å². The summed E-state index contributed by atoms with van der Waals surface area (Å²) in [6, 6.07) is 13.7. The maximum Gasteiger partial charge on any atom is 0.326 e. The molecule has 51 heavy (non-hydrogen) atoms. The number of rotatable bonds is 13. The second kappa shape index (κ2) is 17.0. The molecule has 1 aliphatic carbocycles. The molecule has 3 heterocycles. The van der Waals surface area contributed by atoms with Gasteiger partial charge in [0.2, 0.25) is 5.91 Å². The van der Waals surface area contributed by atoms with Crippen LogP contribution >= 0.6 is 11.6 Å². The summed E-state index contributed by atoms with van der Waals surface area (Å²) in [4.78, 5) is 44.6. The van der Waals surface area contributed by atoms with E-state index in [1.165, 1.54) is 32.7 Å². The van der Waals surface area contributed by atoms with Crippen LogP contribution in [0.25, 0.3) is 16.7 Å². The standard InChI is InChI=1S/C40H48ClN5O5/c41-30-13-14-32-27(23-30)10-11-28-22-29(24-44-37(28)36(32)26-16-19-43-20-17-26)31-7-2-1-6-25(31)12-15-34(39(48)49)45-33(8-3-4-18-42)38(47)46-21-5-9-35(46)40(50)51/h1-2,6-7,13-14,22-24,33-35,43,45H,3-5,8-12,15-21,42H2,(H,48,49)(H,50,51)/t33-,34-,35-/m0/s1. The van der Waals surface area contributed by atoms with Crippen molar-refractivity contribution in [1.82, 2.24) is 20.5 Å². The number of aromatic nitrogens is 1. The van der Waals surface area contributed by atoms with Crippen LogP contribution in [0.1, 0.15) is 79.3 Å². The van der Waals surface area contributed by atoms with Crippen LogP contribution in [-0.4, -0.2) is 82.2 Å². The highest BCUT2D eigenvalue weighted by molar-refractivity contribution is 6.30. The van der Waals surface area contributed by atoms with Gasteiger partial charge in [-0.15, -0.1) is 0 Å². The zero-order valence-electron chi connectivity index (χ0n) is 29.0. The number of nitrogens with zero attached hydrogens (tertiary/aromatic N) is 2. The van der Waals surface area contributed by atoms with Gasteiger partial charge in [0.05, 0.1) is 11.7 Å². The predicted molar refractivity (Wildman–Crippen MR) is 199 cm³/mol. The molecule has 2 aliphatic heterocycles. The fourth-order valence-electron chi connectivity index (χ4n) is 7.92. The first kappa shape index (κ1) is 36.7. The fraction of sp³-hybridized carbons (Fsp3) is 0.450. The summed E-state index contributed by atoms with van der Waals surface area (Å²) in [5.41, 5.74) is 16.0. The Morgan fingerprint density at radius 2 is 1.75 bits per heavy atom. The van der Waals surface area contributed by atoms with Crippen LogP contribution in [-0.2, 0) is 33.6 Å². The summed E-state index contributed by atoms with van der Waals surface area (Å²) < 4.78 is 0. The van der Waals surface area contributed by atoms with Crippen molar-refractivity contribution >= 4 is 35.0 Å². The van der Waals surface area contributed by atoms with Crippen LogP contribution in [0.4, 0.5) is 0 Å². The number of halogens is 1. The van der Waals surface area contributed by atoms with E-state index in [1.807, 2.05) is 30.5 Å². The molecule has 1 aromatic heterocycles. The van der Waals surface area contributed by atoms with E-state index >= 15 is 0 Å². The molecule has 270 valence electrons. The van der Waals surface area contributed by atoms with Gasteiger partial charge in [0.15, 0.2) is 0 Å². The molecule has 0 bridgehead atoms. The summed E-state index contributed by atoms with van der Waals surface area (Å²) in [5, 5.41) is 27.3. The number of piperidine rings is 1. The molecule has 1 amide bonds. The van der Waals surface area contributed by atoms with Crippen LogP contribution in [0.2, 0.25) is 5.02 Å². The zero-order valence-corrected chi connectivity index (χ0v) is 29.8. The lowest BCUT2D eigenvalue weighted by atomic mass is 9.88. The van der Waals surface area contributed by atoms with Gasteiger partial charge in [0.25, 0.3) is 0 Å². The van der Waals surface area contributed by atoms with E-state index in [-0.39, 0.29) is 12.3 Å². The fourth-order valence-corrected chi connectivity index (χ4v) is 8.11. The number of pyridine rings is 1. The highest BCUT2D eigenvalue weighted by Gasteiger charge is 2.38. The number of benzene rings is 2. The zero-order chi connectivity index (χ0) is 35.9. The van der Waals surface area contributed by atoms with E-state index in [9.17, 15) is 24.6 Å². The third-order valence-corrected chi connectivity index (χ3v) is 10.8. The Kier molecular flexibility index (Phi) is 12.2. The molecule has 0 radical (unpaired) electrons. The second-order valence-corrected chi connectivity index (χ2v) is 14.3. The van der Waals surface area contributed by atoms with Crippen molar-refractivity contribution in [2.45, 2.75) is 88.8 Å². The van der Waals surface area contributed by atoms with E-state index < -0.39 is 30.1 Å². The van der Waals surface area contributed by atoms with Crippen LogP contribution in [0.15, 0.2) is 60.3 Å². The minimum absolute atomic E-state index is 0.244. The van der Waals surface area contributed by atoms with Gasteiger partial charge in [0.1, 0.15) is 12.1 Å². The number of amides is 1. The van der Waals surface area contributed by atoms with Crippen LogP contribution in [0.5, 0.6) is 0 Å². The molecule has 2 fully saturated rings. The number of aliphatic carboxylic acids is 2. The molecule has 3 aliphatic rings. The van der Waals surface area contributed by atoms with Gasteiger partial charge in [-0.3, -0.25) is 19.9 Å². The Balaban J connectivity index is 1.25. The van der Waals surface area contributed by atoms with Gasteiger partial charge in [-0.2, -0.15) is 0 Å². The van der Waals surface area contributed by atoms with E-state index in [0.717, 1.165) is 66.2 Å². The van der Waals surface area contributed by atoms with Crippen molar-refractivity contribution in [3.05, 3.63) is 93.3 Å². The number of aryl methyl sites for hydroxylation is 3. The Hall–Kier alpha value is -4.09. The molecule has 2 saturated heterocycles. The van der Waals surface area contributed by atoms with Crippen molar-refractivity contribution < 1.29 is 24.6 Å². The first-order valence-corrected chi connectivity index (χ1v) is 18.6. The number of unbranched alkanes of at least 4 members (excludes halogenated alkanes) is 1. The first-order valence-electron chi connectivity index (χ1n) is 18.3. The monoisotopic (exact) mass is 713 g/mol. The van der Waals surface area contributed by atoms with Crippen molar-refractivity contribution in [2.75, 3.05) is 26.2 Å². The number of carboxylic acid groups (broad SMARTS) is 2. The maximum absolute atomic E-state index is 13.6. The molecule has 3 atom stereocenters. The average molecular weight is 714 g/mol. The molecular weight excluding hydrogens is 666 g/mol. The normalized spacial score (nSPS) is 18.5. The molecule has 11 heteroatoms. The summed E-state index contributed by atoms with van der Waals surface area (Å²) in [6.07, 6.45) is 8.94. The van der Waals surface area contributed by atoms with E-state index in [2.05, 4.69) is 34.9 Å². The van der Waals surface area contributed by atoms with E-state index in [1.54, 1.807) is 0 Å². The smallest absolute Gasteiger partial charge is 0.326 e. The van der Waals surface area contributed by atoms with E-state index in [0.29, 0.717) is 51.6 Å². The lowest BCUT2D eigenvalue weighted by Gasteiger charge is -2.29. The van der Waals surface area contributed by atoms with Gasteiger partial charge in [-0.05, 0) is 130 Å². The van der Waals surface area contributed by atoms with Gasteiger partial charge in [-0.1, -0.05) is 53.9 Å². The number of hydrogen-bond acceptors (Lipinski definition) is 7. The quantitative estimate of drug-likeness (QED) is 0.150. The number of nitrogens with one attached hydrogen (secondary N) is 2. The largest absolute Gasteiger partial charge is 0.480 e. The van der Waals surface area contributed by atoms with Gasteiger partial charge < -0.3 is 26.2 Å². The average Bonchev–Trinajstić information content (AvgIpc) is 3.58. The maximum atomic E-state index is 13.6. The molecule has 6 rings (SSSR count). The predicted octanol–water partition coefficient (Wildman–Crippen LogP) is 5.23. The topological polar surface area (TPSA) is 158 Å². The van der Waals surface area contributed by atoms with Gasteiger partial charge in [-0.25, -0.2) is 4.79 Å². The van der Waals surface area contributed by atoms with Crippen molar-refractivity contribution in [3.63, 3.8) is 0 Å². The number of likely N-dealkylation sites (tertiary alicyclic amines) is 1. The molecule has 0 spiro atoms. The summed E-state index contributed by atoms with van der Waals surface area (Å²) in [6.45, 7) is 2.69. The molecule has 10 nitrogen and oxygen atoms in total. The van der Waals surface area contributed by atoms with Crippen molar-refractivity contribution in [3.8, 4) is 11.1 Å². The van der Waals surface area contributed by atoms with Crippen LogP contribution in [0, 0.1) is 0 Å². The number of fused-ring (bicyclic) bond motifs is 2. The highest BCUT2D eigenvalue weighted by atomic mass is 35.5. The number of carboxylic acids is 2. The molecule has 0 saturated carbocycles. The third kappa shape index (κ3) is 8.52. The first-order chi connectivity index (χ1) is 24.7. The van der Waals surface area contributed by atoms with Crippen molar-refractivity contribution in [2.24, 2.45) is 5.73 Å². The molecule has 0 unspecified atom stereocenters. The van der Waals surface area contributed by atoms with Crippen LogP contribution in [0.3, 0.4) is 0 Å². The Morgan fingerprint density at radius 1 is 0.961 bits per heavy atom. The minimum Gasteiger partial charge on any atom is -0.480 e. The van der Waals surface area contributed by atoms with Gasteiger partial charge in [0, 0.05) is 28.9 Å². The minimum atomic E-state index is -1.05. The second-order valence-electron chi connectivity index (χ2n) is 13.9. The summed E-state index contributed by atoms with van der Waals surface area (Å²) >= 11 is 6.46. The van der Waals surface area contributed by atoms with E-state index in [4.69, 9.17) is 22.3 Å².